The summed E-state index contributed by atoms with van der Waals surface area (Å²) in [4.78, 5) is 30.3. The van der Waals surface area contributed by atoms with Crippen LogP contribution in [0.1, 0.15) is 97.1 Å². The molecule has 2 N–H and O–H groups in total. The molecular formula is C47H48F2N6O8. The van der Waals surface area contributed by atoms with Crippen LogP contribution in [0.2, 0.25) is 0 Å². The van der Waals surface area contributed by atoms with Gasteiger partial charge in [0.25, 0.3) is 0 Å². The van der Waals surface area contributed by atoms with Crippen LogP contribution in [0, 0.1) is 23.5 Å². The summed E-state index contributed by atoms with van der Waals surface area (Å²) in [6, 6.07) is 18.3. The number of hydrogen-bond acceptors (Lipinski definition) is 10. The normalized spacial score (nSPS) is 15.4. The van der Waals surface area contributed by atoms with Gasteiger partial charge in [-0.2, -0.15) is 10.2 Å². The summed E-state index contributed by atoms with van der Waals surface area (Å²) in [5.41, 5.74) is 5.14. The molecule has 63 heavy (non-hydrogen) atoms. The zero-order chi connectivity index (χ0) is 44.0. The lowest BCUT2D eigenvalue weighted by Crippen LogP contribution is -2.09. The van der Waals surface area contributed by atoms with Crippen molar-refractivity contribution in [3.8, 4) is 34.6 Å². The maximum atomic E-state index is 14.5. The van der Waals surface area contributed by atoms with Crippen LogP contribution >= 0.6 is 0 Å². The molecule has 4 heterocycles. The molecule has 3 saturated carbocycles. The number of ether oxygens (including phenoxy) is 4. The van der Waals surface area contributed by atoms with Gasteiger partial charge in [-0.3, -0.25) is 9.59 Å². The maximum Gasteiger partial charge on any atom is 0.303 e. The van der Waals surface area contributed by atoms with Gasteiger partial charge in [-0.25, -0.2) is 28.1 Å². The van der Waals surface area contributed by atoms with Crippen LogP contribution in [0.3, 0.4) is 0 Å². The first-order valence-electron chi connectivity index (χ1n) is 21.0. The lowest BCUT2D eigenvalue weighted by Gasteiger charge is -2.16. The van der Waals surface area contributed by atoms with Crippen molar-refractivity contribution in [3.05, 3.63) is 131 Å². The number of carboxylic acid groups (broad SMARTS) is 2. The van der Waals surface area contributed by atoms with E-state index in [1.54, 1.807) is 29.3 Å². The Hall–Kier alpha value is -6.84. The van der Waals surface area contributed by atoms with Gasteiger partial charge in [0, 0.05) is 35.4 Å². The molecule has 0 spiro atoms. The zero-order valence-corrected chi connectivity index (χ0v) is 34.9. The smallest absolute Gasteiger partial charge is 0.303 e. The van der Waals surface area contributed by atoms with E-state index in [1.165, 1.54) is 25.0 Å². The van der Waals surface area contributed by atoms with Gasteiger partial charge in [-0.15, -0.1) is 0 Å². The van der Waals surface area contributed by atoms with E-state index in [2.05, 4.69) is 20.2 Å². The van der Waals surface area contributed by atoms with Crippen molar-refractivity contribution in [1.29, 1.82) is 0 Å². The van der Waals surface area contributed by atoms with Crippen LogP contribution in [-0.4, -0.2) is 65.9 Å². The highest BCUT2D eigenvalue weighted by Crippen LogP contribution is 2.47. The summed E-state index contributed by atoms with van der Waals surface area (Å²) in [6.45, 7) is 0.548. The molecule has 0 unspecified atom stereocenters. The molecule has 0 radical (unpaired) electrons. The molecule has 9 rings (SSSR count). The third-order valence-corrected chi connectivity index (χ3v) is 11.5. The highest BCUT2D eigenvalue weighted by Gasteiger charge is 2.35. The van der Waals surface area contributed by atoms with Crippen LogP contribution < -0.4 is 18.9 Å². The van der Waals surface area contributed by atoms with Crippen molar-refractivity contribution < 1.29 is 47.5 Å². The van der Waals surface area contributed by atoms with Crippen LogP contribution in [0.15, 0.2) is 91.6 Å². The molecule has 3 aliphatic carbocycles. The summed E-state index contributed by atoms with van der Waals surface area (Å²) in [6.07, 6.45) is 13.8. The van der Waals surface area contributed by atoms with Crippen LogP contribution in [0.5, 0.6) is 23.3 Å². The first kappa shape index (κ1) is 42.8. The van der Waals surface area contributed by atoms with Crippen molar-refractivity contribution in [3.63, 3.8) is 0 Å². The van der Waals surface area contributed by atoms with Gasteiger partial charge in [0.15, 0.2) is 11.6 Å². The first-order chi connectivity index (χ1) is 30.6. The van der Waals surface area contributed by atoms with E-state index in [-0.39, 0.29) is 37.0 Å². The molecule has 0 aliphatic heterocycles. The molecular weight excluding hydrogens is 815 g/mol. The minimum atomic E-state index is -0.786. The van der Waals surface area contributed by atoms with E-state index in [9.17, 15) is 28.6 Å². The van der Waals surface area contributed by atoms with E-state index < -0.39 is 23.6 Å². The molecule has 3 aliphatic rings. The Balaban J connectivity index is 0.000000174. The second-order valence-corrected chi connectivity index (χ2v) is 16.2. The second-order valence-electron chi connectivity index (χ2n) is 16.2. The molecule has 16 heteroatoms. The number of carboxylic acids is 2. The van der Waals surface area contributed by atoms with Crippen LogP contribution in [-0.2, 0) is 22.8 Å². The number of methoxy groups -OCH3 is 2. The third kappa shape index (κ3) is 10.8. The Labute approximate surface area is 362 Å². The van der Waals surface area contributed by atoms with Gasteiger partial charge in [-0.05, 0) is 97.6 Å². The summed E-state index contributed by atoms with van der Waals surface area (Å²) in [5.74, 6) is 0.630. The Kier molecular flexibility index (Phi) is 13.0. The number of pyridine rings is 2. The number of hydrogen-bond donors (Lipinski definition) is 2. The number of benzene rings is 2. The van der Waals surface area contributed by atoms with Crippen molar-refractivity contribution in [2.75, 3.05) is 14.2 Å². The average Bonchev–Trinajstić information content (AvgIpc) is 4.21. The molecule has 0 amide bonds. The quantitative estimate of drug-likeness (QED) is 0.0794. The molecule has 328 valence electrons. The van der Waals surface area contributed by atoms with Gasteiger partial charge in [0.1, 0.15) is 36.1 Å². The number of aromatic nitrogens is 6. The summed E-state index contributed by atoms with van der Waals surface area (Å²) in [7, 11) is 2.96. The van der Waals surface area contributed by atoms with Gasteiger partial charge < -0.3 is 29.2 Å². The molecule has 14 nitrogen and oxygen atoms in total. The zero-order valence-electron chi connectivity index (χ0n) is 34.9. The third-order valence-electron chi connectivity index (χ3n) is 11.5. The Morgan fingerprint density at radius 1 is 0.698 bits per heavy atom. The predicted octanol–water partition coefficient (Wildman–Crippen LogP) is 8.80. The average molecular weight is 863 g/mol. The second kappa shape index (κ2) is 19.1. The van der Waals surface area contributed by atoms with Gasteiger partial charge in [-0.1, -0.05) is 24.3 Å². The van der Waals surface area contributed by atoms with Crippen molar-refractivity contribution in [2.24, 2.45) is 11.8 Å². The molecule has 3 fully saturated rings. The fraction of sp³-hybridized carbons (Fsp3) is 0.362. The van der Waals surface area contributed by atoms with E-state index >= 15 is 0 Å². The fourth-order valence-corrected chi connectivity index (χ4v) is 7.92. The predicted molar refractivity (Wildman–Crippen MR) is 225 cm³/mol. The molecule has 2 atom stereocenters. The summed E-state index contributed by atoms with van der Waals surface area (Å²) >= 11 is 0. The maximum absolute atomic E-state index is 14.5. The lowest BCUT2D eigenvalue weighted by molar-refractivity contribution is -0.138. The molecule has 0 saturated heterocycles. The standard InChI is InChI=1S/C25H26FN3O4.C22H22FN3O4/c1-32-23-11-22(21(26)13-27-23)29-25(16-7-8-16)18(12-28-29)14-33-19-4-2-3-17(9-19)20(10-24(30)31)15-5-6-15;1-29-21-9-20(19(23)11-24-21)26-12-14(10-25-26)13-30-17-4-2-3-16(7-17)18(8-22(27)28)15-5-6-15/h2-4,9,11-13,15-16,20H,5-8,10,14H2,1H3,(H,30,31);2-4,7,9-12,15,18H,5-6,8,13H2,1H3,(H,27,28)/t20-;18-/m00/s1. The van der Waals surface area contributed by atoms with E-state index in [0.29, 0.717) is 53.3 Å². The molecule has 4 aromatic heterocycles. The summed E-state index contributed by atoms with van der Waals surface area (Å²) in [5, 5.41) is 27.2. The summed E-state index contributed by atoms with van der Waals surface area (Å²) < 4.78 is 53.8. The minimum Gasteiger partial charge on any atom is -0.489 e. The highest BCUT2D eigenvalue weighted by molar-refractivity contribution is 5.68. The first-order valence-corrected chi connectivity index (χ1v) is 21.0. The van der Waals surface area contributed by atoms with Crippen molar-refractivity contribution >= 4 is 11.9 Å². The molecule has 2 aromatic carbocycles. The van der Waals surface area contributed by atoms with Gasteiger partial charge >= 0.3 is 11.9 Å². The number of aliphatic carboxylic acids is 2. The van der Waals surface area contributed by atoms with E-state index in [4.69, 9.17) is 18.9 Å². The minimum absolute atomic E-state index is 0.0124. The number of nitrogens with zero attached hydrogens (tertiary/aromatic N) is 6. The van der Waals surface area contributed by atoms with Gasteiger partial charge in [0.2, 0.25) is 11.8 Å². The fourth-order valence-electron chi connectivity index (χ4n) is 7.92. The highest BCUT2D eigenvalue weighted by atomic mass is 19.1. The van der Waals surface area contributed by atoms with Crippen LogP contribution in [0.25, 0.3) is 11.4 Å². The Morgan fingerprint density at radius 2 is 1.24 bits per heavy atom. The molecule has 0 bridgehead atoms. The number of halogens is 2. The Bertz CT molecular complexity index is 2570. The van der Waals surface area contributed by atoms with Crippen LogP contribution in [0.4, 0.5) is 8.78 Å². The number of rotatable bonds is 19. The van der Waals surface area contributed by atoms with Gasteiger partial charge in [0.05, 0.1) is 57.5 Å². The topological polar surface area (TPSA) is 173 Å². The lowest BCUT2D eigenvalue weighted by atomic mass is 9.91. The Morgan fingerprint density at radius 3 is 1.76 bits per heavy atom. The van der Waals surface area contributed by atoms with Crippen molar-refractivity contribution in [2.45, 2.75) is 82.3 Å². The monoisotopic (exact) mass is 862 g/mol. The van der Waals surface area contributed by atoms with E-state index in [1.807, 2.05) is 48.5 Å². The number of carbonyl (C=O) groups is 2. The van der Waals surface area contributed by atoms with E-state index in [0.717, 1.165) is 78.9 Å². The van der Waals surface area contributed by atoms with Crippen molar-refractivity contribution in [1.82, 2.24) is 29.5 Å². The molecule has 6 aromatic rings. The SMILES string of the molecule is COc1cc(-n2cc(COc3cccc([C@@H](CC(=O)O)C4CC4)c3)cn2)c(F)cn1.COc1cc(-n2ncc(COc3cccc([C@@H](CC(=O)O)C4CC4)c3)c2C2CC2)c(F)cn1. The largest absolute Gasteiger partial charge is 0.489 e.